The molecular formula is C22H23N3O2. The van der Waals surface area contributed by atoms with Gasteiger partial charge in [-0.2, -0.15) is 0 Å². The van der Waals surface area contributed by atoms with Gasteiger partial charge in [-0.25, -0.2) is 0 Å². The van der Waals surface area contributed by atoms with Crippen LogP contribution in [0.15, 0.2) is 40.9 Å². The van der Waals surface area contributed by atoms with Gasteiger partial charge in [0.15, 0.2) is 5.78 Å². The van der Waals surface area contributed by atoms with Crippen molar-refractivity contribution in [2.75, 3.05) is 17.2 Å². The zero-order valence-electron chi connectivity index (χ0n) is 15.4. The summed E-state index contributed by atoms with van der Waals surface area (Å²) in [5, 5.41) is 12.1. The van der Waals surface area contributed by atoms with Crippen LogP contribution >= 0.6 is 0 Å². The Labute approximate surface area is 158 Å². The predicted molar refractivity (Wildman–Crippen MR) is 107 cm³/mol. The lowest BCUT2D eigenvalue weighted by molar-refractivity contribution is 0.0849. The van der Waals surface area contributed by atoms with Crippen LogP contribution in [-0.4, -0.2) is 17.5 Å². The molecule has 2 aromatic carbocycles. The molecule has 5 heteroatoms. The Morgan fingerprint density at radius 2 is 1.89 bits per heavy atom. The van der Waals surface area contributed by atoms with Gasteiger partial charge in [-0.3, -0.25) is 4.79 Å². The number of nitrogens with zero attached hydrogens (tertiary/aromatic N) is 1. The lowest BCUT2D eigenvalue weighted by Gasteiger charge is -2.33. The number of para-hydroxylation sites is 1. The van der Waals surface area contributed by atoms with Crippen LogP contribution in [0.25, 0.3) is 10.9 Å². The molecule has 0 spiro atoms. The topological polar surface area (TPSA) is 67.2 Å². The van der Waals surface area contributed by atoms with Gasteiger partial charge in [0.1, 0.15) is 11.3 Å². The summed E-state index contributed by atoms with van der Waals surface area (Å²) >= 11 is 0. The van der Waals surface area contributed by atoms with E-state index < -0.39 is 0 Å². The maximum Gasteiger partial charge on any atom is 0.169 e. The number of carbonyl (C=O) groups is 1. The van der Waals surface area contributed by atoms with Crippen LogP contribution in [0.2, 0.25) is 0 Å². The van der Waals surface area contributed by atoms with E-state index in [1.165, 1.54) is 0 Å². The standard InChI is InChI=1S/C22H23N3O2/c1-2-23-17-12-16(24-13-8-4-3-5-9-13)18-19-20(17)25-27-22(19)15-11-7-6-10-14(15)21(18)26/h3-5,8-9,12,14-15,23-24H,2,6-7,10-11H2,1H3/t14-,15-/m0/s1. The number of ketones is 1. The SMILES string of the molecule is CCNc1cc(Nc2ccccc2)c2c3c(onc13)[C@H]1CCCC[C@@H]1C2=O. The smallest absolute Gasteiger partial charge is 0.169 e. The van der Waals surface area contributed by atoms with Gasteiger partial charge < -0.3 is 15.2 Å². The van der Waals surface area contributed by atoms with Crippen LogP contribution in [0.1, 0.15) is 54.6 Å². The molecule has 1 fully saturated rings. The lowest BCUT2D eigenvalue weighted by atomic mass is 9.69. The third kappa shape index (κ3) is 2.52. The minimum absolute atomic E-state index is 0.0173. The Bertz CT molecular complexity index is 1010. The number of carbonyl (C=O) groups excluding carboxylic acids is 1. The van der Waals surface area contributed by atoms with Crippen LogP contribution in [0.5, 0.6) is 0 Å². The highest BCUT2D eigenvalue weighted by Gasteiger charge is 2.43. The molecule has 5 rings (SSSR count). The second-order valence-electron chi connectivity index (χ2n) is 7.50. The van der Waals surface area contributed by atoms with E-state index in [-0.39, 0.29) is 17.6 Å². The molecule has 1 aromatic heterocycles. The second kappa shape index (κ2) is 6.41. The number of aromatic nitrogens is 1. The first-order valence-electron chi connectivity index (χ1n) is 9.84. The quantitative estimate of drug-likeness (QED) is 0.645. The number of anilines is 3. The highest BCUT2D eigenvalue weighted by molar-refractivity contribution is 6.18. The largest absolute Gasteiger partial charge is 0.383 e. The molecule has 0 saturated heterocycles. The van der Waals surface area contributed by atoms with Gasteiger partial charge in [0.05, 0.1) is 22.3 Å². The van der Waals surface area contributed by atoms with Gasteiger partial charge in [-0.05, 0) is 38.0 Å². The summed E-state index contributed by atoms with van der Waals surface area (Å²) in [6.07, 6.45) is 4.20. The highest BCUT2D eigenvalue weighted by atomic mass is 16.5. The van der Waals surface area contributed by atoms with Crippen molar-refractivity contribution in [3.8, 4) is 0 Å². The minimum atomic E-state index is 0.0173. The first-order valence-corrected chi connectivity index (χ1v) is 9.84. The van der Waals surface area contributed by atoms with Crippen molar-refractivity contribution in [3.63, 3.8) is 0 Å². The summed E-state index contributed by atoms with van der Waals surface area (Å²) in [6, 6.07) is 12.0. The average molecular weight is 361 g/mol. The third-order valence-electron chi connectivity index (χ3n) is 5.89. The lowest BCUT2D eigenvalue weighted by Crippen LogP contribution is -2.30. The number of rotatable bonds is 4. The molecule has 1 heterocycles. The maximum atomic E-state index is 13.5. The zero-order valence-corrected chi connectivity index (χ0v) is 15.4. The van der Waals surface area contributed by atoms with Gasteiger partial charge >= 0.3 is 0 Å². The Kier molecular flexibility index (Phi) is 3.88. The molecule has 2 aliphatic rings. The highest BCUT2D eigenvalue weighted by Crippen LogP contribution is 2.50. The Hall–Kier alpha value is -2.82. The van der Waals surface area contributed by atoms with Crippen molar-refractivity contribution in [2.24, 2.45) is 5.92 Å². The molecular weight excluding hydrogens is 338 g/mol. The number of Topliss-reactive ketones (excluding diaryl/α,β-unsaturated/α-hetero) is 1. The monoisotopic (exact) mass is 361 g/mol. The Balaban J connectivity index is 1.74. The van der Waals surface area contributed by atoms with Gasteiger partial charge in [0.2, 0.25) is 0 Å². The normalized spacial score (nSPS) is 21.1. The van der Waals surface area contributed by atoms with E-state index in [0.29, 0.717) is 0 Å². The number of hydrogen-bond acceptors (Lipinski definition) is 5. The summed E-state index contributed by atoms with van der Waals surface area (Å²) in [5.41, 5.74) is 4.23. The fourth-order valence-electron chi connectivity index (χ4n) is 4.70. The van der Waals surface area contributed by atoms with Crippen LogP contribution in [-0.2, 0) is 0 Å². The predicted octanol–water partition coefficient (Wildman–Crippen LogP) is 5.47. The molecule has 1 saturated carbocycles. The Morgan fingerprint density at radius 3 is 2.67 bits per heavy atom. The molecule has 2 atom stereocenters. The van der Waals surface area contributed by atoms with Crippen molar-refractivity contribution < 1.29 is 9.32 Å². The fraction of sp³-hybridized carbons (Fsp3) is 0.364. The van der Waals surface area contributed by atoms with Crippen LogP contribution in [0, 0.1) is 5.92 Å². The van der Waals surface area contributed by atoms with Crippen molar-refractivity contribution >= 4 is 33.7 Å². The number of fused-ring (bicyclic) bond motifs is 2. The van der Waals surface area contributed by atoms with E-state index >= 15 is 0 Å². The first kappa shape index (κ1) is 16.4. The van der Waals surface area contributed by atoms with Crippen molar-refractivity contribution in [1.82, 2.24) is 5.16 Å². The summed E-state index contributed by atoms with van der Waals surface area (Å²) < 4.78 is 5.84. The molecule has 2 aliphatic carbocycles. The number of hydrogen-bond donors (Lipinski definition) is 2. The van der Waals surface area contributed by atoms with Crippen molar-refractivity contribution in [3.05, 3.63) is 47.7 Å². The van der Waals surface area contributed by atoms with E-state index in [2.05, 4.69) is 22.7 Å². The molecule has 27 heavy (non-hydrogen) atoms. The molecule has 0 unspecified atom stereocenters. The number of benzene rings is 2. The zero-order chi connectivity index (χ0) is 18.4. The van der Waals surface area contributed by atoms with E-state index in [4.69, 9.17) is 4.52 Å². The van der Waals surface area contributed by atoms with E-state index in [0.717, 1.165) is 71.5 Å². The van der Waals surface area contributed by atoms with E-state index in [1.54, 1.807) is 0 Å². The molecule has 138 valence electrons. The fourth-order valence-corrected chi connectivity index (χ4v) is 4.70. The van der Waals surface area contributed by atoms with Crippen LogP contribution in [0.4, 0.5) is 17.1 Å². The maximum absolute atomic E-state index is 13.5. The summed E-state index contributed by atoms with van der Waals surface area (Å²) in [7, 11) is 0. The van der Waals surface area contributed by atoms with Gasteiger partial charge in [-0.1, -0.05) is 36.2 Å². The van der Waals surface area contributed by atoms with Gasteiger partial charge in [0.25, 0.3) is 0 Å². The summed E-state index contributed by atoms with van der Waals surface area (Å²) in [5.74, 6) is 1.33. The average Bonchev–Trinajstić information content (AvgIpc) is 3.14. The van der Waals surface area contributed by atoms with Crippen molar-refractivity contribution in [1.29, 1.82) is 0 Å². The van der Waals surface area contributed by atoms with Crippen LogP contribution < -0.4 is 10.6 Å². The summed E-state index contributed by atoms with van der Waals surface area (Å²) in [4.78, 5) is 13.5. The molecule has 2 N–H and O–H groups in total. The molecule has 0 aliphatic heterocycles. The first-order chi connectivity index (χ1) is 13.3. The number of nitrogens with one attached hydrogen (secondary N) is 2. The van der Waals surface area contributed by atoms with E-state index in [9.17, 15) is 4.79 Å². The van der Waals surface area contributed by atoms with Crippen molar-refractivity contribution in [2.45, 2.75) is 38.5 Å². The molecule has 0 radical (unpaired) electrons. The third-order valence-corrected chi connectivity index (χ3v) is 5.89. The molecule has 3 aromatic rings. The van der Waals surface area contributed by atoms with Crippen LogP contribution in [0.3, 0.4) is 0 Å². The van der Waals surface area contributed by atoms with Gasteiger partial charge in [-0.15, -0.1) is 0 Å². The second-order valence-corrected chi connectivity index (χ2v) is 7.50. The van der Waals surface area contributed by atoms with Gasteiger partial charge in [0, 0.05) is 24.1 Å². The Morgan fingerprint density at radius 1 is 1.11 bits per heavy atom. The molecule has 5 nitrogen and oxygen atoms in total. The molecule has 0 amide bonds. The molecule has 0 bridgehead atoms. The summed E-state index contributed by atoms with van der Waals surface area (Å²) in [6.45, 7) is 2.83. The minimum Gasteiger partial charge on any atom is -0.383 e. The van der Waals surface area contributed by atoms with E-state index in [1.807, 2.05) is 36.4 Å².